The van der Waals surface area contributed by atoms with Crippen molar-refractivity contribution in [2.75, 3.05) is 13.1 Å². The molecule has 1 aliphatic rings. The summed E-state index contributed by atoms with van der Waals surface area (Å²) in [5, 5.41) is 0. The lowest BCUT2D eigenvalue weighted by atomic mass is 10.1. The molecule has 0 N–H and O–H groups in total. The number of likely N-dealkylation sites (tertiary alicyclic amines) is 1. The number of hydrogen-bond acceptors (Lipinski definition) is 4. The first-order valence-electron chi connectivity index (χ1n) is 7.67. The fourth-order valence-corrected chi connectivity index (χ4v) is 2.89. The third-order valence-electron chi connectivity index (χ3n) is 3.43. The predicted octanol–water partition coefficient (Wildman–Crippen LogP) is 4.04. The monoisotopic (exact) mass is 383 g/mol. The van der Waals surface area contributed by atoms with E-state index < -0.39 is 5.60 Å². The van der Waals surface area contributed by atoms with Crippen molar-refractivity contribution < 1.29 is 19.1 Å². The minimum atomic E-state index is -0.480. The Hall–Kier alpha value is -1.56. The number of carbonyl (C=O) groups is 2. The van der Waals surface area contributed by atoms with Gasteiger partial charge < -0.3 is 14.4 Å². The molecule has 2 rings (SSSR count). The second kappa shape index (κ2) is 7.34. The van der Waals surface area contributed by atoms with E-state index in [1.165, 1.54) is 0 Å². The van der Waals surface area contributed by atoms with Gasteiger partial charge in [0.15, 0.2) is 0 Å². The van der Waals surface area contributed by atoms with Crippen LogP contribution in [0.3, 0.4) is 0 Å². The van der Waals surface area contributed by atoms with Crippen molar-refractivity contribution in [2.45, 2.75) is 45.3 Å². The highest BCUT2D eigenvalue weighted by molar-refractivity contribution is 9.10. The molecule has 0 aromatic heterocycles. The van der Waals surface area contributed by atoms with Gasteiger partial charge in [-0.1, -0.05) is 15.9 Å². The van der Waals surface area contributed by atoms with Crippen LogP contribution in [0, 0.1) is 0 Å². The summed E-state index contributed by atoms with van der Waals surface area (Å²) in [6, 6.07) is 5.30. The Morgan fingerprint density at radius 1 is 1.26 bits per heavy atom. The van der Waals surface area contributed by atoms with Gasteiger partial charge in [0.05, 0.1) is 0 Å². The smallest absolute Gasteiger partial charge is 0.410 e. The lowest BCUT2D eigenvalue weighted by Crippen LogP contribution is -2.44. The molecule has 1 aromatic carbocycles. The molecule has 6 heteroatoms. The van der Waals surface area contributed by atoms with E-state index in [1.54, 1.807) is 17.0 Å². The van der Waals surface area contributed by atoms with E-state index in [9.17, 15) is 9.59 Å². The van der Waals surface area contributed by atoms with Crippen molar-refractivity contribution >= 4 is 28.3 Å². The van der Waals surface area contributed by atoms with Crippen LogP contribution in [0.5, 0.6) is 5.75 Å². The van der Waals surface area contributed by atoms with Gasteiger partial charge in [-0.25, -0.2) is 4.79 Å². The van der Waals surface area contributed by atoms with Gasteiger partial charge >= 0.3 is 6.09 Å². The SMILES string of the molecule is CC(C)(C)OC(=O)N1CCC(Oc2cc(Br)cc(C=O)c2)CC1. The molecule has 1 aromatic rings. The first-order chi connectivity index (χ1) is 10.8. The number of halogens is 1. The largest absolute Gasteiger partial charge is 0.490 e. The third-order valence-corrected chi connectivity index (χ3v) is 3.88. The van der Waals surface area contributed by atoms with Crippen molar-refractivity contribution in [1.29, 1.82) is 0 Å². The van der Waals surface area contributed by atoms with Crippen LogP contribution in [0.25, 0.3) is 0 Å². The minimum Gasteiger partial charge on any atom is -0.490 e. The van der Waals surface area contributed by atoms with Crippen LogP contribution in [-0.4, -0.2) is 42.1 Å². The quantitative estimate of drug-likeness (QED) is 0.739. The Kier molecular flexibility index (Phi) is 5.68. The Morgan fingerprint density at radius 2 is 1.91 bits per heavy atom. The van der Waals surface area contributed by atoms with Crippen molar-refractivity contribution in [3.8, 4) is 5.75 Å². The predicted molar refractivity (Wildman–Crippen MR) is 91.0 cm³/mol. The molecule has 1 amide bonds. The van der Waals surface area contributed by atoms with Crippen LogP contribution in [0.4, 0.5) is 4.79 Å². The van der Waals surface area contributed by atoms with Gasteiger partial charge in [0.2, 0.25) is 0 Å². The zero-order valence-corrected chi connectivity index (χ0v) is 15.3. The van der Waals surface area contributed by atoms with Crippen LogP contribution in [0.15, 0.2) is 22.7 Å². The molecule has 0 spiro atoms. The second-order valence-corrected chi connectivity index (χ2v) is 7.54. The van der Waals surface area contributed by atoms with Gasteiger partial charge in [0, 0.05) is 36.0 Å². The molecule has 0 saturated carbocycles. The van der Waals surface area contributed by atoms with E-state index in [0.29, 0.717) is 24.4 Å². The van der Waals surface area contributed by atoms with Gasteiger partial charge in [0.25, 0.3) is 0 Å². The molecule has 0 bridgehead atoms. The number of benzene rings is 1. The van der Waals surface area contributed by atoms with Gasteiger partial charge in [-0.3, -0.25) is 4.79 Å². The molecular weight excluding hydrogens is 362 g/mol. The molecule has 1 fully saturated rings. The summed E-state index contributed by atoms with van der Waals surface area (Å²) in [7, 11) is 0. The molecule has 5 nitrogen and oxygen atoms in total. The fourth-order valence-electron chi connectivity index (χ4n) is 2.40. The Balaban J connectivity index is 1.89. The summed E-state index contributed by atoms with van der Waals surface area (Å²) in [4.78, 5) is 24.6. The lowest BCUT2D eigenvalue weighted by Gasteiger charge is -2.33. The topological polar surface area (TPSA) is 55.8 Å². The van der Waals surface area contributed by atoms with Gasteiger partial charge in [-0.15, -0.1) is 0 Å². The number of nitrogens with zero attached hydrogens (tertiary/aromatic N) is 1. The highest BCUT2D eigenvalue weighted by atomic mass is 79.9. The number of hydrogen-bond donors (Lipinski definition) is 0. The van der Waals surface area contributed by atoms with Crippen LogP contribution >= 0.6 is 15.9 Å². The Labute approximate surface area is 145 Å². The van der Waals surface area contributed by atoms with E-state index in [-0.39, 0.29) is 12.2 Å². The highest BCUT2D eigenvalue weighted by Crippen LogP contribution is 2.24. The van der Waals surface area contributed by atoms with Crippen molar-refractivity contribution in [3.05, 3.63) is 28.2 Å². The maximum Gasteiger partial charge on any atom is 0.410 e. The molecule has 23 heavy (non-hydrogen) atoms. The molecule has 1 heterocycles. The van der Waals surface area contributed by atoms with E-state index in [2.05, 4.69) is 15.9 Å². The fraction of sp³-hybridized carbons (Fsp3) is 0.529. The lowest BCUT2D eigenvalue weighted by molar-refractivity contribution is 0.0126. The molecule has 0 aliphatic carbocycles. The van der Waals surface area contributed by atoms with E-state index in [0.717, 1.165) is 23.6 Å². The molecular formula is C17H22BrNO4. The molecule has 1 saturated heterocycles. The third kappa shape index (κ3) is 5.53. The van der Waals surface area contributed by atoms with Crippen molar-refractivity contribution in [1.82, 2.24) is 4.90 Å². The summed E-state index contributed by atoms with van der Waals surface area (Å²) in [5.41, 5.74) is 0.0898. The van der Waals surface area contributed by atoms with Crippen molar-refractivity contribution in [2.24, 2.45) is 0 Å². The van der Waals surface area contributed by atoms with Crippen LogP contribution in [-0.2, 0) is 4.74 Å². The molecule has 0 atom stereocenters. The second-order valence-electron chi connectivity index (χ2n) is 6.62. The normalized spacial score (nSPS) is 16.1. The molecule has 126 valence electrons. The molecule has 1 aliphatic heterocycles. The van der Waals surface area contributed by atoms with Gasteiger partial charge in [-0.05, 0) is 39.0 Å². The van der Waals surface area contributed by atoms with Gasteiger partial charge in [-0.2, -0.15) is 0 Å². The van der Waals surface area contributed by atoms with E-state index >= 15 is 0 Å². The number of rotatable bonds is 3. The Morgan fingerprint density at radius 3 is 2.48 bits per heavy atom. The average molecular weight is 384 g/mol. The Bertz CT molecular complexity index is 574. The first kappa shape index (κ1) is 17.8. The summed E-state index contributed by atoms with van der Waals surface area (Å²) in [6.45, 7) is 6.79. The summed E-state index contributed by atoms with van der Waals surface area (Å²) >= 11 is 3.37. The number of piperidine rings is 1. The van der Waals surface area contributed by atoms with E-state index in [1.807, 2.05) is 26.8 Å². The zero-order chi connectivity index (χ0) is 17.0. The van der Waals surface area contributed by atoms with Gasteiger partial charge in [0.1, 0.15) is 23.7 Å². The minimum absolute atomic E-state index is 0.0301. The maximum atomic E-state index is 12.0. The van der Waals surface area contributed by atoms with E-state index in [4.69, 9.17) is 9.47 Å². The average Bonchev–Trinajstić information content (AvgIpc) is 2.45. The summed E-state index contributed by atoms with van der Waals surface area (Å²) in [6.07, 6.45) is 2.02. The number of amides is 1. The maximum absolute atomic E-state index is 12.0. The summed E-state index contributed by atoms with van der Waals surface area (Å²) < 4.78 is 12.1. The number of ether oxygens (including phenoxy) is 2. The first-order valence-corrected chi connectivity index (χ1v) is 8.46. The number of carbonyl (C=O) groups excluding carboxylic acids is 2. The molecule has 0 unspecified atom stereocenters. The molecule has 0 radical (unpaired) electrons. The summed E-state index contributed by atoms with van der Waals surface area (Å²) in [5.74, 6) is 0.664. The van der Waals surface area contributed by atoms with Crippen LogP contribution < -0.4 is 4.74 Å². The standard InChI is InChI=1S/C17H22BrNO4/c1-17(2,3)23-16(21)19-6-4-14(5-7-19)22-15-9-12(11-20)8-13(18)10-15/h8-11,14H,4-7H2,1-3H3. The zero-order valence-electron chi connectivity index (χ0n) is 13.7. The number of aldehydes is 1. The van der Waals surface area contributed by atoms with Crippen molar-refractivity contribution in [3.63, 3.8) is 0 Å². The highest BCUT2D eigenvalue weighted by Gasteiger charge is 2.27. The van der Waals surface area contributed by atoms with Crippen LogP contribution in [0.1, 0.15) is 44.0 Å². The van der Waals surface area contributed by atoms with Crippen LogP contribution in [0.2, 0.25) is 0 Å².